The Balaban J connectivity index is 1.65. The number of hydrogen-bond acceptors (Lipinski definition) is 5. The summed E-state index contributed by atoms with van der Waals surface area (Å²) in [4.78, 5) is 4.57. The Morgan fingerprint density at radius 1 is 0.960 bits per heavy atom. The van der Waals surface area contributed by atoms with Crippen LogP contribution in [0.1, 0.15) is 25.3 Å². The van der Waals surface area contributed by atoms with Crippen molar-refractivity contribution in [2.45, 2.75) is 25.6 Å². The van der Waals surface area contributed by atoms with Crippen molar-refractivity contribution in [3.8, 4) is 0 Å². The monoisotopic (exact) mass is 350 g/mol. The smallest absolute Gasteiger partial charge is 0.234 e. The van der Waals surface area contributed by atoms with Crippen molar-refractivity contribution in [3.05, 3.63) is 29.8 Å². The van der Waals surface area contributed by atoms with E-state index in [4.69, 9.17) is 0 Å². The van der Waals surface area contributed by atoms with Gasteiger partial charge in [0.1, 0.15) is 0 Å². The summed E-state index contributed by atoms with van der Waals surface area (Å²) < 4.78 is 14.7. The van der Waals surface area contributed by atoms with E-state index in [2.05, 4.69) is 26.9 Å². The highest BCUT2D eigenvalue weighted by Gasteiger charge is 2.33. The third-order valence-corrected chi connectivity index (χ3v) is 5.37. The zero-order chi connectivity index (χ0) is 17.9. The number of alkyl halides is 1. The van der Waals surface area contributed by atoms with Gasteiger partial charge in [-0.3, -0.25) is 0 Å². The van der Waals surface area contributed by atoms with E-state index in [0.29, 0.717) is 12.0 Å². The molecule has 2 aliphatic rings. The van der Waals surface area contributed by atoms with Crippen molar-refractivity contribution in [1.29, 1.82) is 0 Å². The molecule has 0 spiro atoms. The van der Waals surface area contributed by atoms with Gasteiger partial charge in [0.25, 0.3) is 0 Å². The zero-order valence-corrected chi connectivity index (χ0v) is 15.5. The van der Waals surface area contributed by atoms with Crippen molar-refractivity contribution in [2.75, 3.05) is 64.3 Å². The molecule has 0 bridgehead atoms. The van der Waals surface area contributed by atoms with Crippen LogP contribution in [0, 0.1) is 0 Å². The molecule has 2 saturated heterocycles. The summed E-state index contributed by atoms with van der Waals surface area (Å²) in [5, 5.41) is 15.1. The van der Waals surface area contributed by atoms with Gasteiger partial charge in [-0.1, -0.05) is 31.5 Å². The fourth-order valence-electron chi connectivity index (χ4n) is 3.84. The van der Waals surface area contributed by atoms with Gasteiger partial charge in [0, 0.05) is 70.0 Å². The maximum atomic E-state index is 14.7. The minimum absolute atomic E-state index is 0.130. The molecular formula is C19H31FN4O. The largest absolute Gasteiger partial charge is 0.368 e. The lowest BCUT2D eigenvalue weighted by Gasteiger charge is -2.45. The Morgan fingerprint density at radius 2 is 1.52 bits per heavy atom. The highest BCUT2D eigenvalue weighted by molar-refractivity contribution is 5.55. The summed E-state index contributed by atoms with van der Waals surface area (Å²) in [6.07, 6.45) is 0.740. The second-order valence-corrected chi connectivity index (χ2v) is 7.22. The van der Waals surface area contributed by atoms with Crippen LogP contribution in [-0.4, -0.2) is 79.4 Å². The molecular weight excluding hydrogens is 319 g/mol. The number of halogens is 1. The summed E-state index contributed by atoms with van der Waals surface area (Å²) in [6.45, 7) is 9.84. The maximum Gasteiger partial charge on any atom is 0.234 e. The molecule has 3 rings (SSSR count). The number of rotatable bonds is 5. The minimum Gasteiger partial charge on any atom is -0.368 e. The summed E-state index contributed by atoms with van der Waals surface area (Å²) in [6, 6.07) is 7.38. The van der Waals surface area contributed by atoms with Gasteiger partial charge in [-0.15, -0.1) is 0 Å². The molecule has 6 heteroatoms. The van der Waals surface area contributed by atoms with Crippen LogP contribution in [0.2, 0.25) is 0 Å². The standard InChI is InChI=1S/C19H31FN4O/c1-3-8-19(20,25)17-6-4-5-7-18(17)22-11-15-24(16-12-22)23-13-9-21(2)10-14-23/h4-7,25H,3,8-16H2,1-2H3. The number of piperazine rings is 2. The first-order chi connectivity index (χ1) is 12.0. The lowest BCUT2D eigenvalue weighted by Crippen LogP contribution is -2.58. The molecule has 0 saturated carbocycles. The second kappa shape index (κ2) is 7.99. The highest BCUT2D eigenvalue weighted by atomic mass is 19.2. The van der Waals surface area contributed by atoms with Crippen LogP contribution in [0.3, 0.4) is 0 Å². The van der Waals surface area contributed by atoms with Crippen LogP contribution >= 0.6 is 0 Å². The normalized spacial score (nSPS) is 23.6. The van der Waals surface area contributed by atoms with E-state index >= 15 is 0 Å². The first-order valence-corrected chi connectivity index (χ1v) is 9.45. The van der Waals surface area contributed by atoms with Crippen molar-refractivity contribution in [1.82, 2.24) is 14.9 Å². The molecule has 1 aromatic carbocycles. The summed E-state index contributed by atoms with van der Waals surface area (Å²) in [5.74, 6) is -2.25. The van der Waals surface area contributed by atoms with E-state index in [1.54, 1.807) is 12.1 Å². The maximum absolute atomic E-state index is 14.7. The quantitative estimate of drug-likeness (QED) is 0.877. The first-order valence-electron chi connectivity index (χ1n) is 9.45. The molecule has 0 aliphatic carbocycles. The van der Waals surface area contributed by atoms with Crippen LogP contribution < -0.4 is 4.90 Å². The molecule has 1 unspecified atom stereocenters. The van der Waals surface area contributed by atoms with E-state index in [-0.39, 0.29) is 6.42 Å². The molecule has 0 amide bonds. The van der Waals surface area contributed by atoms with Gasteiger partial charge in [-0.05, 0) is 13.1 Å². The van der Waals surface area contributed by atoms with E-state index < -0.39 is 5.85 Å². The highest BCUT2D eigenvalue weighted by Crippen LogP contribution is 2.35. The number of nitrogens with zero attached hydrogens (tertiary/aromatic N) is 4. The number of hydrazine groups is 1. The number of benzene rings is 1. The Bertz CT molecular complexity index is 552. The third kappa shape index (κ3) is 4.31. The predicted molar refractivity (Wildman–Crippen MR) is 99.2 cm³/mol. The van der Waals surface area contributed by atoms with Crippen LogP contribution in [0.5, 0.6) is 0 Å². The number of hydrogen-bond donors (Lipinski definition) is 1. The van der Waals surface area contributed by atoms with E-state index in [0.717, 1.165) is 58.0 Å². The van der Waals surface area contributed by atoms with Gasteiger partial charge in [0.15, 0.2) is 0 Å². The third-order valence-electron chi connectivity index (χ3n) is 5.37. The number of anilines is 1. The Labute approximate surface area is 150 Å². The fourth-order valence-corrected chi connectivity index (χ4v) is 3.84. The Morgan fingerprint density at radius 3 is 2.12 bits per heavy atom. The van der Waals surface area contributed by atoms with Gasteiger partial charge >= 0.3 is 0 Å². The van der Waals surface area contributed by atoms with E-state index in [1.807, 2.05) is 19.1 Å². The van der Waals surface area contributed by atoms with Gasteiger partial charge in [0.05, 0.1) is 0 Å². The Hall–Kier alpha value is -1.21. The van der Waals surface area contributed by atoms with Crippen molar-refractivity contribution >= 4 is 5.69 Å². The first kappa shape index (κ1) is 18.6. The van der Waals surface area contributed by atoms with Crippen molar-refractivity contribution in [2.24, 2.45) is 0 Å². The molecule has 5 nitrogen and oxygen atoms in total. The Kier molecular flexibility index (Phi) is 5.94. The average Bonchev–Trinajstić information content (AvgIpc) is 2.62. The summed E-state index contributed by atoms with van der Waals surface area (Å²) in [7, 11) is 2.17. The molecule has 2 aliphatic heterocycles. The number of aliphatic hydroxyl groups is 1. The van der Waals surface area contributed by atoms with Crippen molar-refractivity contribution < 1.29 is 9.50 Å². The predicted octanol–water partition coefficient (Wildman–Crippen LogP) is 1.89. The topological polar surface area (TPSA) is 33.2 Å². The zero-order valence-electron chi connectivity index (χ0n) is 15.5. The SMILES string of the molecule is CCCC(O)(F)c1ccccc1N1CCN(N2CCN(C)CC2)CC1. The average molecular weight is 350 g/mol. The fraction of sp³-hybridized carbons (Fsp3) is 0.684. The number of likely N-dealkylation sites (N-methyl/N-ethyl adjacent to an activating group) is 1. The molecule has 1 atom stereocenters. The minimum atomic E-state index is -2.25. The summed E-state index contributed by atoms with van der Waals surface area (Å²) >= 11 is 0. The van der Waals surface area contributed by atoms with Crippen LogP contribution in [0.25, 0.3) is 0 Å². The van der Waals surface area contributed by atoms with Gasteiger partial charge in [-0.25, -0.2) is 14.4 Å². The molecule has 1 N–H and O–H groups in total. The molecule has 0 aromatic heterocycles. The lowest BCUT2D eigenvalue weighted by molar-refractivity contribution is -0.102. The molecule has 1 aromatic rings. The van der Waals surface area contributed by atoms with Gasteiger partial charge in [-0.2, -0.15) is 0 Å². The van der Waals surface area contributed by atoms with Crippen LogP contribution in [-0.2, 0) is 5.85 Å². The number of para-hydroxylation sites is 1. The van der Waals surface area contributed by atoms with E-state index in [9.17, 15) is 9.50 Å². The van der Waals surface area contributed by atoms with Gasteiger partial charge < -0.3 is 14.9 Å². The van der Waals surface area contributed by atoms with Gasteiger partial charge in [0.2, 0.25) is 5.85 Å². The summed E-state index contributed by atoms with van der Waals surface area (Å²) in [5.41, 5.74) is 1.24. The molecule has 140 valence electrons. The van der Waals surface area contributed by atoms with E-state index in [1.165, 1.54) is 0 Å². The molecule has 25 heavy (non-hydrogen) atoms. The molecule has 2 heterocycles. The lowest BCUT2D eigenvalue weighted by atomic mass is 9.99. The van der Waals surface area contributed by atoms with Crippen LogP contribution in [0.15, 0.2) is 24.3 Å². The second-order valence-electron chi connectivity index (χ2n) is 7.22. The van der Waals surface area contributed by atoms with Crippen LogP contribution in [0.4, 0.5) is 10.1 Å². The molecule has 0 radical (unpaired) electrons. The van der Waals surface area contributed by atoms with Crippen molar-refractivity contribution in [3.63, 3.8) is 0 Å². The molecule has 2 fully saturated rings.